The summed E-state index contributed by atoms with van der Waals surface area (Å²) in [5, 5.41) is 4.67. The molecule has 0 atom stereocenters. The molecule has 0 aliphatic carbocycles. The first-order chi connectivity index (χ1) is 13.7. The summed E-state index contributed by atoms with van der Waals surface area (Å²) in [6.07, 6.45) is 1.49. The monoisotopic (exact) mass is 400 g/mol. The van der Waals surface area contributed by atoms with Gasteiger partial charge in [0.2, 0.25) is 5.75 Å². The van der Waals surface area contributed by atoms with E-state index in [2.05, 4.69) is 20.5 Å². The fourth-order valence-corrected chi connectivity index (χ4v) is 3.24. The lowest BCUT2D eigenvalue weighted by molar-refractivity contribution is -0.118. The van der Waals surface area contributed by atoms with Gasteiger partial charge in [-0.3, -0.25) is 4.79 Å². The molecule has 0 fully saturated rings. The lowest BCUT2D eigenvalue weighted by Gasteiger charge is -2.13. The van der Waals surface area contributed by atoms with E-state index >= 15 is 0 Å². The zero-order valence-corrected chi connectivity index (χ0v) is 16.5. The van der Waals surface area contributed by atoms with E-state index in [1.54, 1.807) is 19.2 Å². The SMILES string of the molecule is COc1ccc(/C=N\NC(=O)CSc2nc3ccccc3[nH]2)c(OC)c1OC. The van der Waals surface area contributed by atoms with E-state index in [0.717, 1.165) is 11.0 Å². The van der Waals surface area contributed by atoms with Crippen LogP contribution in [0.15, 0.2) is 46.7 Å². The van der Waals surface area contributed by atoms with Crippen molar-refractivity contribution < 1.29 is 19.0 Å². The lowest BCUT2D eigenvalue weighted by Crippen LogP contribution is -2.19. The van der Waals surface area contributed by atoms with Crippen LogP contribution < -0.4 is 19.6 Å². The van der Waals surface area contributed by atoms with Crippen LogP contribution >= 0.6 is 11.8 Å². The number of hydrazone groups is 1. The molecule has 3 rings (SSSR count). The van der Waals surface area contributed by atoms with Crippen LogP contribution in [-0.2, 0) is 4.79 Å². The second-order valence-electron chi connectivity index (χ2n) is 5.56. The number of fused-ring (bicyclic) bond motifs is 1. The maximum Gasteiger partial charge on any atom is 0.250 e. The van der Waals surface area contributed by atoms with Crippen LogP contribution in [0.4, 0.5) is 0 Å². The van der Waals surface area contributed by atoms with Crippen molar-refractivity contribution in [1.29, 1.82) is 0 Å². The summed E-state index contributed by atoms with van der Waals surface area (Å²) in [6.45, 7) is 0. The molecule has 28 heavy (non-hydrogen) atoms. The number of carbonyl (C=O) groups is 1. The molecule has 0 bridgehead atoms. The first-order valence-corrected chi connectivity index (χ1v) is 9.33. The number of thioether (sulfide) groups is 1. The average molecular weight is 400 g/mol. The molecular weight excluding hydrogens is 380 g/mol. The summed E-state index contributed by atoms with van der Waals surface area (Å²) >= 11 is 1.31. The number of imidazole rings is 1. The highest BCUT2D eigenvalue weighted by molar-refractivity contribution is 7.99. The predicted molar refractivity (Wildman–Crippen MR) is 109 cm³/mol. The van der Waals surface area contributed by atoms with E-state index in [1.807, 2.05) is 24.3 Å². The first-order valence-electron chi connectivity index (χ1n) is 8.34. The smallest absolute Gasteiger partial charge is 0.250 e. The highest BCUT2D eigenvalue weighted by atomic mass is 32.2. The molecule has 2 aromatic carbocycles. The molecule has 1 aromatic heterocycles. The van der Waals surface area contributed by atoms with Crippen molar-refractivity contribution in [2.24, 2.45) is 5.10 Å². The lowest BCUT2D eigenvalue weighted by atomic mass is 10.2. The van der Waals surface area contributed by atoms with Gasteiger partial charge >= 0.3 is 0 Å². The van der Waals surface area contributed by atoms with Crippen molar-refractivity contribution in [1.82, 2.24) is 15.4 Å². The van der Waals surface area contributed by atoms with E-state index in [0.29, 0.717) is 28.0 Å². The Labute approximate surface area is 166 Å². The number of ether oxygens (including phenoxy) is 3. The third-order valence-corrected chi connectivity index (χ3v) is 4.71. The minimum Gasteiger partial charge on any atom is -0.493 e. The fourth-order valence-electron chi connectivity index (χ4n) is 2.56. The highest BCUT2D eigenvalue weighted by Gasteiger charge is 2.14. The number of hydrogen-bond donors (Lipinski definition) is 2. The number of carbonyl (C=O) groups excluding carboxylic acids is 1. The van der Waals surface area contributed by atoms with Gasteiger partial charge in [-0.1, -0.05) is 23.9 Å². The van der Waals surface area contributed by atoms with Gasteiger partial charge in [0, 0.05) is 5.56 Å². The molecule has 1 amide bonds. The zero-order chi connectivity index (χ0) is 19.9. The van der Waals surface area contributed by atoms with Gasteiger partial charge < -0.3 is 19.2 Å². The van der Waals surface area contributed by atoms with Crippen molar-refractivity contribution in [3.63, 3.8) is 0 Å². The number of para-hydroxylation sites is 2. The van der Waals surface area contributed by atoms with Gasteiger partial charge in [0.15, 0.2) is 16.7 Å². The summed E-state index contributed by atoms with van der Waals surface area (Å²) in [5.41, 5.74) is 4.94. The number of benzene rings is 2. The summed E-state index contributed by atoms with van der Waals surface area (Å²) in [4.78, 5) is 19.6. The molecule has 8 nitrogen and oxygen atoms in total. The van der Waals surface area contributed by atoms with Crippen LogP contribution in [0.3, 0.4) is 0 Å². The van der Waals surface area contributed by atoms with E-state index in [-0.39, 0.29) is 11.7 Å². The Balaban J connectivity index is 1.60. The first kappa shape index (κ1) is 19.6. The van der Waals surface area contributed by atoms with Crippen LogP contribution in [0, 0.1) is 0 Å². The largest absolute Gasteiger partial charge is 0.493 e. The Hall–Kier alpha value is -3.20. The fraction of sp³-hybridized carbons (Fsp3) is 0.211. The normalized spacial score (nSPS) is 11.0. The number of aromatic amines is 1. The second-order valence-corrected chi connectivity index (χ2v) is 6.53. The maximum atomic E-state index is 12.0. The maximum absolute atomic E-state index is 12.0. The number of methoxy groups -OCH3 is 3. The number of amides is 1. The standard InChI is InChI=1S/C19H20N4O4S/c1-25-15-9-8-12(17(26-2)18(15)27-3)10-20-23-16(24)11-28-19-21-13-6-4-5-7-14(13)22-19/h4-10H,11H2,1-3H3,(H,21,22)(H,23,24)/b20-10-. The molecule has 146 valence electrons. The number of hydrogen-bond acceptors (Lipinski definition) is 7. The summed E-state index contributed by atoms with van der Waals surface area (Å²) in [7, 11) is 4.60. The van der Waals surface area contributed by atoms with Crippen LogP contribution in [0.5, 0.6) is 17.2 Å². The van der Waals surface area contributed by atoms with Gasteiger partial charge in [0.05, 0.1) is 44.3 Å². The van der Waals surface area contributed by atoms with Gasteiger partial charge in [-0.2, -0.15) is 5.10 Å². The van der Waals surface area contributed by atoms with Crippen LogP contribution in [0.25, 0.3) is 11.0 Å². The molecule has 0 radical (unpaired) electrons. The third-order valence-electron chi connectivity index (χ3n) is 3.84. The summed E-state index contributed by atoms with van der Waals surface area (Å²) in [5.74, 6) is 1.40. The van der Waals surface area contributed by atoms with E-state index in [9.17, 15) is 4.79 Å². The van der Waals surface area contributed by atoms with Gasteiger partial charge in [0.25, 0.3) is 5.91 Å². The molecule has 1 heterocycles. The van der Waals surface area contributed by atoms with Gasteiger partial charge in [-0.15, -0.1) is 0 Å². The molecule has 3 aromatic rings. The van der Waals surface area contributed by atoms with Gasteiger partial charge in [0.1, 0.15) is 0 Å². The number of rotatable bonds is 8. The van der Waals surface area contributed by atoms with Gasteiger partial charge in [-0.05, 0) is 24.3 Å². The van der Waals surface area contributed by atoms with E-state index < -0.39 is 0 Å². The Morgan fingerprint density at radius 3 is 2.64 bits per heavy atom. The van der Waals surface area contributed by atoms with E-state index in [4.69, 9.17) is 14.2 Å². The predicted octanol–water partition coefficient (Wildman–Crippen LogP) is 2.83. The molecule has 0 aliphatic rings. The van der Waals surface area contributed by atoms with Crippen molar-refractivity contribution in [2.75, 3.05) is 27.1 Å². The molecule has 0 aliphatic heterocycles. The molecule has 0 saturated carbocycles. The molecule has 0 spiro atoms. The Kier molecular flexibility index (Phi) is 6.38. The van der Waals surface area contributed by atoms with Crippen molar-refractivity contribution >= 4 is 34.9 Å². The van der Waals surface area contributed by atoms with Gasteiger partial charge in [-0.25, -0.2) is 10.4 Å². The Bertz CT molecular complexity index is 970. The molecular formula is C19H20N4O4S. The second kappa shape index (κ2) is 9.14. The number of nitrogens with zero attached hydrogens (tertiary/aromatic N) is 2. The zero-order valence-electron chi connectivity index (χ0n) is 15.7. The Morgan fingerprint density at radius 2 is 1.93 bits per heavy atom. The van der Waals surface area contributed by atoms with Crippen LogP contribution in [-0.4, -0.2) is 49.2 Å². The number of nitrogens with one attached hydrogen (secondary N) is 2. The molecule has 0 saturated heterocycles. The highest BCUT2D eigenvalue weighted by Crippen LogP contribution is 2.38. The van der Waals surface area contributed by atoms with Crippen LogP contribution in [0.2, 0.25) is 0 Å². The molecule has 0 unspecified atom stereocenters. The molecule has 9 heteroatoms. The average Bonchev–Trinajstić information content (AvgIpc) is 3.14. The van der Waals surface area contributed by atoms with E-state index in [1.165, 1.54) is 32.2 Å². The quantitative estimate of drug-likeness (QED) is 0.343. The van der Waals surface area contributed by atoms with Crippen LogP contribution in [0.1, 0.15) is 5.56 Å². The number of H-pyrrole nitrogens is 1. The Morgan fingerprint density at radius 1 is 1.14 bits per heavy atom. The summed E-state index contributed by atoms with van der Waals surface area (Å²) in [6, 6.07) is 11.2. The minimum absolute atomic E-state index is 0.181. The van der Waals surface area contributed by atoms with Crippen molar-refractivity contribution in [3.8, 4) is 17.2 Å². The third kappa shape index (κ3) is 4.37. The topological polar surface area (TPSA) is 97.8 Å². The minimum atomic E-state index is -0.249. The number of aromatic nitrogens is 2. The van der Waals surface area contributed by atoms with Crippen molar-refractivity contribution in [2.45, 2.75) is 5.16 Å². The summed E-state index contributed by atoms with van der Waals surface area (Å²) < 4.78 is 15.9. The molecule has 2 N–H and O–H groups in total. The van der Waals surface area contributed by atoms with Crippen molar-refractivity contribution in [3.05, 3.63) is 42.0 Å².